The molecule has 0 radical (unpaired) electrons. The van der Waals surface area contributed by atoms with Crippen LogP contribution in [0, 0.1) is 11.3 Å². The van der Waals surface area contributed by atoms with Crippen molar-refractivity contribution in [1.29, 1.82) is 5.26 Å². The standard InChI is InChI=1S/C26H28N6O2/c1-26(2,32(3)4)16-19(17-27)24(33)29-20-11-12-23(34-5)22(15-20)31-25-28-14-13-21(30-25)18-9-7-6-8-10-18/h6-16H,1-5H3,(H,29,33)(H,28,30,31). The second-order valence-corrected chi connectivity index (χ2v) is 8.34. The molecule has 0 spiro atoms. The van der Waals surface area contributed by atoms with Crippen LogP contribution >= 0.6 is 0 Å². The molecule has 34 heavy (non-hydrogen) atoms. The van der Waals surface area contributed by atoms with E-state index in [0.29, 0.717) is 23.1 Å². The lowest BCUT2D eigenvalue weighted by Crippen LogP contribution is -2.37. The largest absolute Gasteiger partial charge is 0.495 e. The molecule has 8 nitrogen and oxygen atoms in total. The average Bonchev–Trinajstić information content (AvgIpc) is 2.83. The lowest BCUT2D eigenvalue weighted by atomic mass is 10.00. The number of amides is 1. The van der Waals surface area contributed by atoms with E-state index >= 15 is 0 Å². The van der Waals surface area contributed by atoms with Crippen molar-refractivity contribution in [3.63, 3.8) is 0 Å². The van der Waals surface area contributed by atoms with Crippen LogP contribution in [-0.2, 0) is 4.79 Å². The molecule has 1 amide bonds. The summed E-state index contributed by atoms with van der Waals surface area (Å²) >= 11 is 0. The minimum atomic E-state index is -0.490. The highest BCUT2D eigenvalue weighted by Gasteiger charge is 2.21. The quantitative estimate of drug-likeness (QED) is 0.376. The van der Waals surface area contributed by atoms with Gasteiger partial charge in [0.25, 0.3) is 5.91 Å². The third-order valence-electron chi connectivity index (χ3n) is 5.44. The first kappa shape index (κ1) is 24.4. The summed E-state index contributed by atoms with van der Waals surface area (Å²) in [6.45, 7) is 3.85. The zero-order valence-electron chi connectivity index (χ0n) is 20.0. The number of rotatable bonds is 8. The van der Waals surface area contributed by atoms with Crippen LogP contribution in [0.15, 0.2) is 72.4 Å². The van der Waals surface area contributed by atoms with Gasteiger partial charge < -0.3 is 20.3 Å². The normalized spacial score (nSPS) is 11.6. The summed E-state index contributed by atoms with van der Waals surface area (Å²) in [4.78, 5) is 23.6. The number of hydrogen-bond acceptors (Lipinski definition) is 7. The van der Waals surface area contributed by atoms with Crippen LogP contribution < -0.4 is 15.4 Å². The van der Waals surface area contributed by atoms with Crippen molar-refractivity contribution < 1.29 is 9.53 Å². The smallest absolute Gasteiger partial charge is 0.266 e. The zero-order valence-corrected chi connectivity index (χ0v) is 20.0. The molecule has 1 aromatic heterocycles. The van der Waals surface area contributed by atoms with Crippen LogP contribution in [0.3, 0.4) is 0 Å². The minimum absolute atomic E-state index is 0.0305. The highest BCUT2D eigenvalue weighted by Crippen LogP contribution is 2.30. The molecular formula is C26H28N6O2. The SMILES string of the molecule is COc1ccc(NC(=O)C(C#N)=CC(C)(C)N(C)C)cc1Nc1nccc(-c2ccccc2)n1. The first-order valence-corrected chi connectivity index (χ1v) is 10.7. The second-order valence-electron chi connectivity index (χ2n) is 8.34. The monoisotopic (exact) mass is 456 g/mol. The van der Waals surface area contributed by atoms with E-state index in [0.717, 1.165) is 11.3 Å². The van der Waals surface area contributed by atoms with E-state index in [1.54, 1.807) is 37.6 Å². The van der Waals surface area contributed by atoms with Crippen molar-refractivity contribution in [3.8, 4) is 23.1 Å². The highest BCUT2D eigenvalue weighted by molar-refractivity contribution is 6.07. The molecule has 0 saturated heterocycles. The van der Waals surface area contributed by atoms with E-state index in [4.69, 9.17) is 4.74 Å². The Bertz CT molecular complexity index is 1230. The van der Waals surface area contributed by atoms with E-state index in [9.17, 15) is 10.1 Å². The van der Waals surface area contributed by atoms with E-state index in [1.165, 1.54) is 0 Å². The van der Waals surface area contributed by atoms with Gasteiger partial charge in [-0.05, 0) is 58.3 Å². The molecule has 0 saturated carbocycles. The van der Waals surface area contributed by atoms with Gasteiger partial charge in [-0.3, -0.25) is 4.79 Å². The number of aromatic nitrogens is 2. The average molecular weight is 457 g/mol. The number of nitrogens with zero attached hydrogens (tertiary/aromatic N) is 4. The van der Waals surface area contributed by atoms with E-state index in [2.05, 4.69) is 20.6 Å². The Kier molecular flexibility index (Phi) is 7.61. The van der Waals surface area contributed by atoms with Crippen molar-refractivity contribution in [2.75, 3.05) is 31.8 Å². The molecule has 3 aromatic rings. The zero-order chi connectivity index (χ0) is 24.7. The molecule has 1 heterocycles. The summed E-state index contributed by atoms with van der Waals surface area (Å²) in [5, 5.41) is 15.5. The van der Waals surface area contributed by atoms with E-state index in [1.807, 2.05) is 75.3 Å². The molecule has 2 aromatic carbocycles. The summed E-state index contributed by atoms with van der Waals surface area (Å²) in [5.74, 6) is 0.445. The predicted octanol–water partition coefficient (Wildman–Crippen LogP) is 4.62. The molecule has 0 aliphatic carbocycles. The molecule has 0 fully saturated rings. The Morgan fingerprint density at radius 2 is 1.88 bits per heavy atom. The fourth-order valence-electron chi connectivity index (χ4n) is 3.02. The number of carbonyl (C=O) groups is 1. The summed E-state index contributed by atoms with van der Waals surface area (Å²) < 4.78 is 5.45. The molecule has 0 unspecified atom stereocenters. The van der Waals surface area contributed by atoms with Crippen LogP contribution in [0.25, 0.3) is 11.3 Å². The van der Waals surface area contributed by atoms with Gasteiger partial charge in [-0.15, -0.1) is 0 Å². The summed E-state index contributed by atoms with van der Waals surface area (Å²) in [6.07, 6.45) is 3.32. The molecular weight excluding hydrogens is 428 g/mol. The lowest BCUT2D eigenvalue weighted by molar-refractivity contribution is -0.112. The van der Waals surface area contributed by atoms with Crippen molar-refractivity contribution >= 4 is 23.2 Å². The van der Waals surface area contributed by atoms with Gasteiger partial charge in [0.05, 0.1) is 18.5 Å². The first-order chi connectivity index (χ1) is 16.2. The van der Waals surface area contributed by atoms with Gasteiger partial charge in [0.15, 0.2) is 0 Å². The van der Waals surface area contributed by atoms with Crippen molar-refractivity contribution in [1.82, 2.24) is 14.9 Å². The van der Waals surface area contributed by atoms with Gasteiger partial charge in [0, 0.05) is 23.0 Å². The molecule has 0 bridgehead atoms. The van der Waals surface area contributed by atoms with Crippen LogP contribution in [0.1, 0.15) is 13.8 Å². The van der Waals surface area contributed by atoms with E-state index < -0.39 is 11.4 Å². The van der Waals surface area contributed by atoms with Gasteiger partial charge in [-0.25, -0.2) is 9.97 Å². The van der Waals surface area contributed by atoms with Crippen LogP contribution in [-0.4, -0.2) is 47.5 Å². The van der Waals surface area contributed by atoms with Crippen LogP contribution in [0.2, 0.25) is 0 Å². The number of hydrogen-bond donors (Lipinski definition) is 2. The van der Waals surface area contributed by atoms with Gasteiger partial charge in [-0.1, -0.05) is 30.3 Å². The number of methoxy groups -OCH3 is 1. The number of carbonyl (C=O) groups excluding carboxylic acids is 1. The van der Waals surface area contributed by atoms with E-state index in [-0.39, 0.29) is 5.57 Å². The van der Waals surface area contributed by atoms with Crippen molar-refractivity contribution in [3.05, 3.63) is 72.4 Å². The van der Waals surface area contributed by atoms with Crippen molar-refractivity contribution in [2.45, 2.75) is 19.4 Å². The minimum Gasteiger partial charge on any atom is -0.495 e. The molecule has 0 aliphatic rings. The third-order valence-corrected chi connectivity index (χ3v) is 5.44. The maximum Gasteiger partial charge on any atom is 0.266 e. The molecule has 2 N–H and O–H groups in total. The number of likely N-dealkylation sites (N-methyl/N-ethyl adjacent to an activating group) is 1. The molecule has 0 atom stereocenters. The van der Waals surface area contributed by atoms with Gasteiger partial charge in [0.1, 0.15) is 17.4 Å². The Hall–Kier alpha value is -4.22. The first-order valence-electron chi connectivity index (χ1n) is 10.7. The summed E-state index contributed by atoms with van der Waals surface area (Å²) in [7, 11) is 5.33. The Morgan fingerprint density at radius 3 is 2.53 bits per heavy atom. The predicted molar refractivity (Wildman–Crippen MR) is 134 cm³/mol. The number of benzene rings is 2. The maximum absolute atomic E-state index is 12.8. The number of ether oxygens (including phenoxy) is 1. The van der Waals surface area contributed by atoms with Gasteiger partial charge >= 0.3 is 0 Å². The number of nitriles is 1. The maximum atomic E-state index is 12.8. The Morgan fingerprint density at radius 1 is 1.15 bits per heavy atom. The number of anilines is 3. The van der Waals surface area contributed by atoms with Crippen molar-refractivity contribution in [2.24, 2.45) is 0 Å². The summed E-state index contributed by atoms with van der Waals surface area (Å²) in [6, 6.07) is 18.7. The fourth-order valence-corrected chi connectivity index (χ4v) is 3.02. The number of nitrogens with one attached hydrogen (secondary N) is 2. The molecule has 3 rings (SSSR count). The Balaban J connectivity index is 1.85. The molecule has 0 aliphatic heterocycles. The van der Waals surface area contributed by atoms with Gasteiger partial charge in [-0.2, -0.15) is 5.26 Å². The summed E-state index contributed by atoms with van der Waals surface area (Å²) in [5.41, 5.74) is 2.38. The Labute approximate surface area is 199 Å². The van der Waals surface area contributed by atoms with Crippen LogP contribution in [0.4, 0.5) is 17.3 Å². The lowest BCUT2D eigenvalue weighted by Gasteiger charge is -2.29. The highest BCUT2D eigenvalue weighted by atomic mass is 16.5. The third kappa shape index (κ3) is 5.97. The topological polar surface area (TPSA) is 103 Å². The second kappa shape index (κ2) is 10.6. The van der Waals surface area contributed by atoms with Gasteiger partial charge in [0.2, 0.25) is 5.95 Å². The van der Waals surface area contributed by atoms with Crippen LogP contribution in [0.5, 0.6) is 5.75 Å². The molecule has 174 valence electrons. The molecule has 8 heteroatoms. The fraction of sp³-hybridized carbons (Fsp3) is 0.231.